The van der Waals surface area contributed by atoms with E-state index in [2.05, 4.69) is 22.1 Å². The van der Waals surface area contributed by atoms with Crippen LogP contribution in [0.1, 0.15) is 39.0 Å². The molecule has 5 heteroatoms. The van der Waals surface area contributed by atoms with Gasteiger partial charge in [0.05, 0.1) is 12.7 Å². The minimum atomic E-state index is 0.199. The predicted molar refractivity (Wildman–Crippen MR) is 83.6 cm³/mol. The van der Waals surface area contributed by atoms with Crippen LogP contribution in [-0.4, -0.2) is 62.5 Å². The predicted octanol–water partition coefficient (Wildman–Crippen LogP) is 1.63. The van der Waals surface area contributed by atoms with Crippen molar-refractivity contribution in [1.29, 1.82) is 0 Å². The normalized spacial score (nSPS) is 36.9. The van der Waals surface area contributed by atoms with Gasteiger partial charge in [0.25, 0.3) is 0 Å². The van der Waals surface area contributed by atoms with Crippen molar-refractivity contribution < 1.29 is 9.47 Å². The van der Waals surface area contributed by atoms with Crippen LogP contribution in [0.15, 0.2) is 4.99 Å². The number of nitrogens with one attached hydrogen (secondary N) is 1. The highest BCUT2D eigenvalue weighted by Gasteiger charge is 2.38. The third-order valence-corrected chi connectivity index (χ3v) is 4.88. The smallest absolute Gasteiger partial charge is 0.194 e. The fourth-order valence-electron chi connectivity index (χ4n) is 3.57. The van der Waals surface area contributed by atoms with Crippen LogP contribution in [0.4, 0.5) is 0 Å². The molecule has 3 fully saturated rings. The highest BCUT2D eigenvalue weighted by molar-refractivity contribution is 5.80. The largest absolute Gasteiger partial charge is 0.375 e. The van der Waals surface area contributed by atoms with E-state index in [4.69, 9.17) is 9.47 Å². The Bertz CT molecular complexity index is 369. The van der Waals surface area contributed by atoms with E-state index in [0.29, 0.717) is 6.04 Å². The van der Waals surface area contributed by atoms with Gasteiger partial charge >= 0.3 is 0 Å². The Labute approximate surface area is 128 Å². The van der Waals surface area contributed by atoms with Gasteiger partial charge in [0.1, 0.15) is 6.10 Å². The van der Waals surface area contributed by atoms with Gasteiger partial charge in [-0.3, -0.25) is 4.99 Å². The minimum Gasteiger partial charge on any atom is -0.375 e. The summed E-state index contributed by atoms with van der Waals surface area (Å²) in [4.78, 5) is 6.83. The molecule has 2 heterocycles. The second-order valence-corrected chi connectivity index (χ2v) is 6.49. The summed E-state index contributed by atoms with van der Waals surface area (Å²) in [5.74, 6) is 1.90. The number of morpholine rings is 1. The van der Waals surface area contributed by atoms with Gasteiger partial charge < -0.3 is 19.7 Å². The molecule has 1 N–H and O–H groups in total. The number of ether oxygens (including phenoxy) is 2. The molecule has 2 saturated heterocycles. The summed E-state index contributed by atoms with van der Waals surface area (Å²) in [5.41, 5.74) is 0. The number of aliphatic imine (C=N–C) groups is 1. The summed E-state index contributed by atoms with van der Waals surface area (Å²) in [7, 11) is 1.88. The lowest BCUT2D eigenvalue weighted by Crippen LogP contribution is -2.53. The summed E-state index contributed by atoms with van der Waals surface area (Å²) in [6.45, 7) is 5.74. The third-order valence-electron chi connectivity index (χ3n) is 4.88. The van der Waals surface area contributed by atoms with Crippen molar-refractivity contribution in [3.63, 3.8) is 0 Å². The average Bonchev–Trinajstić information content (AvgIpc) is 3.03. The lowest BCUT2D eigenvalue weighted by atomic mass is 10.1. The molecule has 4 unspecified atom stereocenters. The van der Waals surface area contributed by atoms with Gasteiger partial charge in [-0.15, -0.1) is 0 Å². The van der Waals surface area contributed by atoms with E-state index in [9.17, 15) is 0 Å². The zero-order chi connectivity index (χ0) is 14.7. The molecule has 0 aromatic heterocycles. The SMILES string of the molecule is CCCC1CC1NC(=NC)N1CCOC(C2CCCO2)C1. The van der Waals surface area contributed by atoms with Crippen molar-refractivity contribution in [2.45, 2.75) is 57.3 Å². The molecule has 0 aromatic rings. The molecule has 2 aliphatic heterocycles. The van der Waals surface area contributed by atoms with Gasteiger partial charge in [-0.2, -0.15) is 0 Å². The number of nitrogens with zero attached hydrogens (tertiary/aromatic N) is 2. The molecule has 4 atom stereocenters. The van der Waals surface area contributed by atoms with Crippen molar-refractivity contribution in [1.82, 2.24) is 10.2 Å². The summed E-state index contributed by atoms with van der Waals surface area (Å²) in [6, 6.07) is 0.632. The van der Waals surface area contributed by atoms with Crippen LogP contribution >= 0.6 is 0 Å². The number of rotatable bonds is 4. The molecule has 3 rings (SSSR count). The Morgan fingerprint density at radius 3 is 2.86 bits per heavy atom. The first kappa shape index (κ1) is 15.1. The van der Waals surface area contributed by atoms with Crippen LogP contribution in [-0.2, 0) is 9.47 Å². The Balaban J connectivity index is 1.51. The molecule has 0 bridgehead atoms. The average molecular weight is 295 g/mol. The minimum absolute atomic E-state index is 0.199. The van der Waals surface area contributed by atoms with Crippen molar-refractivity contribution in [3.05, 3.63) is 0 Å². The molecule has 0 amide bonds. The number of hydrogen-bond acceptors (Lipinski definition) is 3. The van der Waals surface area contributed by atoms with Crippen LogP contribution < -0.4 is 5.32 Å². The maximum Gasteiger partial charge on any atom is 0.194 e. The topological polar surface area (TPSA) is 46.1 Å². The first-order valence-electron chi connectivity index (χ1n) is 8.53. The van der Waals surface area contributed by atoms with Crippen molar-refractivity contribution in [3.8, 4) is 0 Å². The van der Waals surface area contributed by atoms with Gasteiger partial charge in [-0.1, -0.05) is 13.3 Å². The standard InChI is InChI=1S/C16H29N3O2/c1-3-5-12-10-13(12)18-16(17-2)19-7-9-21-15(11-19)14-6-4-8-20-14/h12-15H,3-11H2,1-2H3,(H,17,18). The van der Waals surface area contributed by atoms with Gasteiger partial charge in [0.2, 0.25) is 0 Å². The summed E-state index contributed by atoms with van der Waals surface area (Å²) in [6.07, 6.45) is 6.68. The maximum absolute atomic E-state index is 5.92. The molecule has 3 aliphatic rings. The monoisotopic (exact) mass is 295 g/mol. The zero-order valence-corrected chi connectivity index (χ0v) is 13.4. The summed E-state index contributed by atoms with van der Waals surface area (Å²) >= 11 is 0. The molecule has 21 heavy (non-hydrogen) atoms. The van der Waals surface area contributed by atoms with E-state index in [1.807, 2.05) is 7.05 Å². The molecule has 120 valence electrons. The Kier molecular flexibility index (Phi) is 5.01. The molecule has 1 saturated carbocycles. The van der Waals surface area contributed by atoms with E-state index >= 15 is 0 Å². The van der Waals surface area contributed by atoms with Crippen molar-refractivity contribution in [2.24, 2.45) is 10.9 Å². The summed E-state index contributed by atoms with van der Waals surface area (Å²) in [5, 5.41) is 3.64. The Hall–Kier alpha value is -0.810. The van der Waals surface area contributed by atoms with Crippen LogP contribution in [0.3, 0.4) is 0 Å². The van der Waals surface area contributed by atoms with Crippen molar-refractivity contribution >= 4 is 5.96 Å². The molecule has 0 spiro atoms. The highest BCUT2D eigenvalue weighted by Crippen LogP contribution is 2.34. The molecular weight excluding hydrogens is 266 g/mol. The second kappa shape index (κ2) is 6.97. The van der Waals surface area contributed by atoms with E-state index in [0.717, 1.165) is 51.0 Å². The van der Waals surface area contributed by atoms with Crippen LogP contribution in [0.2, 0.25) is 0 Å². The van der Waals surface area contributed by atoms with Crippen LogP contribution in [0.5, 0.6) is 0 Å². The fraction of sp³-hybridized carbons (Fsp3) is 0.938. The highest BCUT2D eigenvalue weighted by atomic mass is 16.5. The first-order chi connectivity index (χ1) is 10.3. The molecule has 1 aliphatic carbocycles. The molecule has 0 radical (unpaired) electrons. The number of guanidine groups is 1. The molecule has 0 aromatic carbocycles. The zero-order valence-electron chi connectivity index (χ0n) is 13.4. The van der Waals surface area contributed by atoms with E-state index < -0.39 is 0 Å². The van der Waals surface area contributed by atoms with Crippen LogP contribution in [0, 0.1) is 5.92 Å². The second-order valence-electron chi connectivity index (χ2n) is 6.49. The number of hydrogen-bond donors (Lipinski definition) is 1. The van der Waals surface area contributed by atoms with Gasteiger partial charge in [0, 0.05) is 32.8 Å². The van der Waals surface area contributed by atoms with Gasteiger partial charge in [0.15, 0.2) is 5.96 Å². The first-order valence-corrected chi connectivity index (χ1v) is 8.53. The fourth-order valence-corrected chi connectivity index (χ4v) is 3.57. The summed E-state index contributed by atoms with van der Waals surface area (Å²) < 4.78 is 11.7. The van der Waals surface area contributed by atoms with Crippen LogP contribution in [0.25, 0.3) is 0 Å². The van der Waals surface area contributed by atoms with E-state index in [-0.39, 0.29) is 12.2 Å². The Morgan fingerprint density at radius 1 is 1.29 bits per heavy atom. The van der Waals surface area contributed by atoms with Crippen molar-refractivity contribution in [2.75, 3.05) is 33.4 Å². The third kappa shape index (κ3) is 3.69. The Morgan fingerprint density at radius 2 is 2.14 bits per heavy atom. The lowest BCUT2D eigenvalue weighted by molar-refractivity contribution is -0.0817. The molecule has 5 nitrogen and oxygen atoms in total. The lowest BCUT2D eigenvalue weighted by Gasteiger charge is -2.37. The van der Waals surface area contributed by atoms with Gasteiger partial charge in [-0.05, 0) is 31.6 Å². The maximum atomic E-state index is 5.92. The van der Waals surface area contributed by atoms with E-state index in [1.165, 1.54) is 19.3 Å². The van der Waals surface area contributed by atoms with E-state index in [1.54, 1.807) is 0 Å². The molecular formula is C16H29N3O2. The van der Waals surface area contributed by atoms with Gasteiger partial charge in [-0.25, -0.2) is 0 Å². The quantitative estimate of drug-likeness (QED) is 0.632.